The van der Waals surface area contributed by atoms with Crippen molar-refractivity contribution in [2.45, 2.75) is 39.7 Å². The molecule has 1 rings (SSSR count). The molecule has 1 heterocycles. The van der Waals surface area contributed by atoms with Crippen LogP contribution in [0.5, 0.6) is 0 Å². The van der Waals surface area contributed by atoms with Gasteiger partial charge in [-0.05, 0) is 19.3 Å². The normalized spacial score (nSPS) is 14.9. The van der Waals surface area contributed by atoms with E-state index in [1.807, 2.05) is 0 Å². The monoisotopic (exact) mass is 291 g/mol. The fraction of sp³-hybridized carbons (Fsp3) is 0.800. The van der Waals surface area contributed by atoms with Crippen molar-refractivity contribution in [3.8, 4) is 0 Å². The number of nitrogens with one attached hydrogen (secondary N) is 1. The number of hydrogen-bond acceptors (Lipinski definition) is 4. The van der Waals surface area contributed by atoms with Crippen LogP contribution in [0.3, 0.4) is 0 Å². The van der Waals surface area contributed by atoms with Gasteiger partial charge in [-0.3, -0.25) is 0 Å². The Labute approximate surface area is 104 Å². The molecule has 0 aliphatic rings. The lowest BCUT2D eigenvalue weighted by Gasteiger charge is -2.17. The minimum atomic E-state index is 0.423. The third-order valence-electron chi connectivity index (χ3n) is 2.39. The summed E-state index contributed by atoms with van der Waals surface area (Å²) in [6.45, 7) is 6.52. The van der Waals surface area contributed by atoms with Gasteiger partial charge in [-0.2, -0.15) is 4.37 Å². The highest BCUT2D eigenvalue weighted by molar-refractivity contribution is 9.09. The molecule has 86 valence electrons. The average Bonchev–Trinajstić information content (AvgIpc) is 2.65. The minimum Gasteiger partial charge on any atom is -0.358 e. The van der Waals surface area contributed by atoms with Crippen LogP contribution in [-0.4, -0.2) is 20.7 Å². The SMILES string of the molecule is CCCc1nsc(NC(C)C(C)CBr)n1. The zero-order chi connectivity index (χ0) is 11.3. The standard InChI is InChI=1S/C10H18BrN3S/c1-4-5-9-13-10(15-14-9)12-8(3)7(2)6-11/h7-8H,4-6H2,1-3H3,(H,12,13,14). The third kappa shape index (κ3) is 4.07. The molecule has 0 aliphatic heterocycles. The molecule has 5 heteroatoms. The van der Waals surface area contributed by atoms with Crippen LogP contribution in [-0.2, 0) is 6.42 Å². The molecular formula is C10H18BrN3S. The fourth-order valence-electron chi connectivity index (χ4n) is 1.11. The Morgan fingerprint density at radius 3 is 2.80 bits per heavy atom. The molecule has 2 atom stereocenters. The zero-order valence-electron chi connectivity index (χ0n) is 9.46. The fourth-order valence-corrected chi connectivity index (χ4v) is 2.38. The number of nitrogens with zero attached hydrogens (tertiary/aromatic N) is 2. The highest BCUT2D eigenvalue weighted by Crippen LogP contribution is 2.16. The first-order chi connectivity index (χ1) is 7.17. The van der Waals surface area contributed by atoms with Crippen LogP contribution in [0.15, 0.2) is 0 Å². The van der Waals surface area contributed by atoms with E-state index in [0.717, 1.165) is 29.1 Å². The van der Waals surface area contributed by atoms with Crippen molar-refractivity contribution in [2.24, 2.45) is 5.92 Å². The van der Waals surface area contributed by atoms with Crippen molar-refractivity contribution < 1.29 is 0 Å². The van der Waals surface area contributed by atoms with Crippen LogP contribution in [0.2, 0.25) is 0 Å². The number of anilines is 1. The average molecular weight is 292 g/mol. The van der Waals surface area contributed by atoms with Crippen molar-refractivity contribution in [3.05, 3.63) is 5.82 Å². The zero-order valence-corrected chi connectivity index (χ0v) is 11.9. The summed E-state index contributed by atoms with van der Waals surface area (Å²) >= 11 is 4.94. The summed E-state index contributed by atoms with van der Waals surface area (Å²) in [5.74, 6) is 1.55. The maximum atomic E-state index is 4.44. The summed E-state index contributed by atoms with van der Waals surface area (Å²) in [6, 6.07) is 0.423. The van der Waals surface area contributed by atoms with Gasteiger partial charge in [-0.1, -0.05) is 29.8 Å². The van der Waals surface area contributed by atoms with Gasteiger partial charge in [0, 0.05) is 29.3 Å². The number of halogens is 1. The van der Waals surface area contributed by atoms with E-state index in [1.165, 1.54) is 11.5 Å². The quantitative estimate of drug-likeness (QED) is 0.817. The summed E-state index contributed by atoms with van der Waals surface area (Å²) in [6.07, 6.45) is 2.07. The molecular weight excluding hydrogens is 274 g/mol. The Bertz CT molecular complexity index is 290. The number of hydrogen-bond donors (Lipinski definition) is 1. The highest BCUT2D eigenvalue weighted by atomic mass is 79.9. The van der Waals surface area contributed by atoms with Crippen molar-refractivity contribution >= 4 is 32.6 Å². The van der Waals surface area contributed by atoms with Crippen LogP contribution in [0.25, 0.3) is 0 Å². The van der Waals surface area contributed by atoms with Gasteiger partial charge in [0.1, 0.15) is 5.82 Å². The van der Waals surface area contributed by atoms with Crippen LogP contribution < -0.4 is 5.32 Å². The molecule has 0 aromatic carbocycles. The van der Waals surface area contributed by atoms with E-state index in [9.17, 15) is 0 Å². The highest BCUT2D eigenvalue weighted by Gasteiger charge is 2.12. The Morgan fingerprint density at radius 1 is 1.47 bits per heavy atom. The van der Waals surface area contributed by atoms with Gasteiger partial charge in [0.15, 0.2) is 0 Å². The molecule has 0 fully saturated rings. The molecule has 2 unspecified atom stereocenters. The number of alkyl halides is 1. The molecule has 0 spiro atoms. The van der Waals surface area contributed by atoms with E-state index in [4.69, 9.17) is 0 Å². The molecule has 1 aromatic rings. The summed E-state index contributed by atoms with van der Waals surface area (Å²) < 4.78 is 4.30. The van der Waals surface area contributed by atoms with Crippen LogP contribution in [0, 0.1) is 5.92 Å². The third-order valence-corrected chi connectivity index (χ3v) is 4.10. The van der Waals surface area contributed by atoms with Crippen molar-refractivity contribution in [3.63, 3.8) is 0 Å². The van der Waals surface area contributed by atoms with Crippen molar-refractivity contribution in [1.82, 2.24) is 9.36 Å². The van der Waals surface area contributed by atoms with E-state index in [2.05, 4.69) is 51.4 Å². The molecule has 0 saturated carbocycles. The number of aromatic nitrogens is 2. The van der Waals surface area contributed by atoms with E-state index < -0.39 is 0 Å². The second kappa shape index (κ2) is 6.43. The number of aryl methyl sites for hydroxylation is 1. The van der Waals surface area contributed by atoms with Gasteiger partial charge < -0.3 is 5.32 Å². The molecule has 3 nitrogen and oxygen atoms in total. The minimum absolute atomic E-state index is 0.423. The van der Waals surface area contributed by atoms with E-state index in [-0.39, 0.29) is 0 Å². The summed E-state index contributed by atoms with van der Waals surface area (Å²) in [4.78, 5) is 4.44. The molecule has 0 aliphatic carbocycles. The smallest absolute Gasteiger partial charge is 0.202 e. The van der Waals surface area contributed by atoms with Gasteiger partial charge >= 0.3 is 0 Å². The lowest BCUT2D eigenvalue weighted by molar-refractivity contribution is 0.572. The predicted molar refractivity (Wildman–Crippen MR) is 69.9 cm³/mol. The van der Waals surface area contributed by atoms with Crippen LogP contribution in [0.1, 0.15) is 33.0 Å². The maximum Gasteiger partial charge on any atom is 0.202 e. The van der Waals surface area contributed by atoms with Crippen molar-refractivity contribution in [1.29, 1.82) is 0 Å². The second-order valence-electron chi connectivity index (χ2n) is 3.83. The van der Waals surface area contributed by atoms with Crippen LogP contribution >= 0.6 is 27.5 Å². The Kier molecular flexibility index (Phi) is 5.53. The molecule has 0 amide bonds. The van der Waals surface area contributed by atoms with Gasteiger partial charge in [-0.15, -0.1) is 0 Å². The molecule has 0 bridgehead atoms. The van der Waals surface area contributed by atoms with E-state index in [1.54, 1.807) is 0 Å². The Balaban J connectivity index is 2.49. The summed E-state index contributed by atoms with van der Waals surface area (Å²) in [5, 5.41) is 5.33. The Hall–Kier alpha value is -0.160. The molecule has 1 aromatic heterocycles. The molecule has 1 N–H and O–H groups in total. The van der Waals surface area contributed by atoms with E-state index >= 15 is 0 Å². The lowest BCUT2D eigenvalue weighted by atomic mass is 10.1. The van der Waals surface area contributed by atoms with Gasteiger partial charge in [-0.25, -0.2) is 4.98 Å². The van der Waals surface area contributed by atoms with Gasteiger partial charge in [0.05, 0.1) is 0 Å². The summed E-state index contributed by atoms with van der Waals surface area (Å²) in [5.41, 5.74) is 0. The van der Waals surface area contributed by atoms with Crippen LogP contribution in [0.4, 0.5) is 5.13 Å². The summed E-state index contributed by atoms with van der Waals surface area (Å²) in [7, 11) is 0. The first kappa shape index (κ1) is 12.9. The number of rotatable bonds is 6. The maximum absolute atomic E-state index is 4.44. The first-order valence-electron chi connectivity index (χ1n) is 5.32. The van der Waals surface area contributed by atoms with Gasteiger partial charge in [0.2, 0.25) is 5.13 Å². The molecule has 0 saturated heterocycles. The lowest BCUT2D eigenvalue weighted by Crippen LogP contribution is -2.24. The first-order valence-corrected chi connectivity index (χ1v) is 7.22. The predicted octanol–water partition coefficient (Wildman–Crippen LogP) is 3.32. The Morgan fingerprint density at radius 2 is 2.20 bits per heavy atom. The van der Waals surface area contributed by atoms with Crippen molar-refractivity contribution in [2.75, 3.05) is 10.6 Å². The van der Waals surface area contributed by atoms with E-state index in [0.29, 0.717) is 12.0 Å². The second-order valence-corrected chi connectivity index (χ2v) is 5.23. The largest absolute Gasteiger partial charge is 0.358 e. The topological polar surface area (TPSA) is 37.8 Å². The van der Waals surface area contributed by atoms with Gasteiger partial charge in [0.25, 0.3) is 0 Å². The molecule has 15 heavy (non-hydrogen) atoms. The molecule has 0 radical (unpaired) electrons.